The average Bonchev–Trinajstić information content (AvgIpc) is 2.88. The molecular weight excluding hydrogens is 537 g/mol. The quantitative estimate of drug-likeness (QED) is 0.509. The molecule has 1 unspecified atom stereocenters. The zero-order valence-electron chi connectivity index (χ0n) is 22.0. The van der Waals surface area contributed by atoms with Crippen LogP contribution in [0.25, 0.3) is 0 Å². The number of aliphatic hydroxyl groups is 1. The summed E-state index contributed by atoms with van der Waals surface area (Å²) in [5, 5.41) is 10.8. The van der Waals surface area contributed by atoms with Crippen LogP contribution in [0.4, 0.5) is 19.0 Å². The van der Waals surface area contributed by atoms with E-state index in [9.17, 15) is 27.9 Å². The van der Waals surface area contributed by atoms with E-state index in [1.807, 2.05) is 0 Å². The van der Waals surface area contributed by atoms with Gasteiger partial charge in [-0.1, -0.05) is 23.7 Å². The number of aromatic nitrogens is 1. The fraction of sp³-hybridized carbons (Fsp3) is 0.519. The Morgan fingerprint density at radius 2 is 1.79 bits per heavy atom. The van der Waals surface area contributed by atoms with Gasteiger partial charge in [0.15, 0.2) is 0 Å². The summed E-state index contributed by atoms with van der Waals surface area (Å²) in [4.78, 5) is 34.1. The number of hydrogen-bond donors (Lipinski definition) is 1. The Balaban J connectivity index is 1.32. The predicted molar refractivity (Wildman–Crippen MR) is 140 cm³/mol. The first-order valence-corrected chi connectivity index (χ1v) is 13.1. The predicted octanol–water partition coefficient (Wildman–Crippen LogP) is 3.96. The van der Waals surface area contributed by atoms with Crippen molar-refractivity contribution >= 4 is 29.2 Å². The highest BCUT2D eigenvalue weighted by Gasteiger charge is 2.63. The van der Waals surface area contributed by atoms with E-state index in [1.165, 1.54) is 24.1 Å². The number of amides is 2. The van der Waals surface area contributed by atoms with Crippen LogP contribution in [0.5, 0.6) is 5.75 Å². The van der Waals surface area contributed by atoms with Crippen LogP contribution < -0.4 is 9.64 Å². The molecule has 4 rings (SSSR count). The zero-order valence-corrected chi connectivity index (χ0v) is 22.8. The molecule has 2 fully saturated rings. The number of ether oxygens (including phenoxy) is 1. The molecule has 39 heavy (non-hydrogen) atoms. The van der Waals surface area contributed by atoms with Gasteiger partial charge in [0.25, 0.3) is 17.4 Å². The zero-order chi connectivity index (χ0) is 28.5. The third kappa shape index (κ3) is 5.79. The first-order chi connectivity index (χ1) is 18.3. The lowest BCUT2D eigenvalue weighted by atomic mass is 9.82. The molecule has 0 spiro atoms. The molecule has 2 amide bonds. The second kappa shape index (κ2) is 11.2. The Hall–Kier alpha value is -3.05. The number of alkyl halides is 3. The van der Waals surface area contributed by atoms with Crippen molar-refractivity contribution in [3.8, 4) is 5.75 Å². The van der Waals surface area contributed by atoms with Crippen LogP contribution >= 0.6 is 11.6 Å². The van der Waals surface area contributed by atoms with Crippen LogP contribution in [0.1, 0.15) is 35.2 Å². The number of methoxy groups -OCH3 is 1. The first-order valence-electron chi connectivity index (χ1n) is 12.7. The standard InChI is InChI=1S/C27H32ClF3N4O4/c1-33(2)24(36)21-7-8-22(32-23(21)28)34-11-9-17(10-12-34)13-18-15-35(16-18)25(37)26(38,27(29,30)31)19-5-4-6-20(14-19)39-3/h4-8,14,17-18,38H,9-13,15-16H2,1-3H3. The topological polar surface area (TPSA) is 86.2 Å². The molecule has 1 aromatic carbocycles. The number of piperidine rings is 1. The molecule has 12 heteroatoms. The summed E-state index contributed by atoms with van der Waals surface area (Å²) in [6.45, 7) is 1.79. The number of carbonyl (C=O) groups excluding carboxylic acids is 2. The smallest absolute Gasteiger partial charge is 0.430 e. The van der Waals surface area contributed by atoms with Crippen molar-refractivity contribution in [3.63, 3.8) is 0 Å². The summed E-state index contributed by atoms with van der Waals surface area (Å²) in [7, 11) is 4.59. The summed E-state index contributed by atoms with van der Waals surface area (Å²) < 4.78 is 46.9. The van der Waals surface area contributed by atoms with E-state index >= 15 is 0 Å². The minimum absolute atomic E-state index is 0.0668. The monoisotopic (exact) mass is 568 g/mol. The summed E-state index contributed by atoms with van der Waals surface area (Å²) in [6, 6.07) is 8.32. The van der Waals surface area contributed by atoms with Gasteiger partial charge in [-0.25, -0.2) is 4.98 Å². The molecule has 8 nitrogen and oxygen atoms in total. The number of hydrogen-bond acceptors (Lipinski definition) is 6. The highest BCUT2D eigenvalue weighted by molar-refractivity contribution is 6.32. The Kier molecular flexibility index (Phi) is 8.32. The number of carbonyl (C=O) groups is 2. The van der Waals surface area contributed by atoms with Crippen molar-refractivity contribution < 1.29 is 32.6 Å². The maximum Gasteiger partial charge on any atom is 0.430 e. The van der Waals surface area contributed by atoms with E-state index in [2.05, 4.69) is 9.88 Å². The lowest BCUT2D eigenvalue weighted by Crippen LogP contribution is -2.61. The molecule has 2 aromatic rings. The maximum absolute atomic E-state index is 14.0. The minimum atomic E-state index is -5.19. The highest BCUT2D eigenvalue weighted by atomic mass is 35.5. The number of anilines is 1. The van der Waals surface area contributed by atoms with Crippen molar-refractivity contribution in [1.29, 1.82) is 0 Å². The Labute approximate surface area is 230 Å². The fourth-order valence-electron chi connectivity index (χ4n) is 5.24. The Morgan fingerprint density at radius 1 is 1.13 bits per heavy atom. The van der Waals surface area contributed by atoms with Gasteiger partial charge < -0.3 is 24.5 Å². The van der Waals surface area contributed by atoms with Crippen LogP contribution in [0.2, 0.25) is 5.15 Å². The molecule has 212 valence electrons. The Bertz CT molecular complexity index is 1210. The number of pyridine rings is 1. The average molecular weight is 569 g/mol. The van der Waals surface area contributed by atoms with Crippen LogP contribution in [0, 0.1) is 11.8 Å². The molecule has 1 atom stereocenters. The van der Waals surface area contributed by atoms with Gasteiger partial charge in [-0.2, -0.15) is 13.2 Å². The third-order valence-corrected chi connectivity index (χ3v) is 7.82. The van der Waals surface area contributed by atoms with Gasteiger partial charge in [-0.15, -0.1) is 0 Å². The number of likely N-dealkylation sites (tertiary alicyclic amines) is 1. The molecule has 2 aliphatic rings. The van der Waals surface area contributed by atoms with Gasteiger partial charge >= 0.3 is 6.18 Å². The number of nitrogens with zero attached hydrogens (tertiary/aromatic N) is 4. The molecule has 0 aliphatic carbocycles. The molecular formula is C27H32ClF3N4O4. The molecule has 0 bridgehead atoms. The van der Waals surface area contributed by atoms with Gasteiger partial charge in [0.1, 0.15) is 16.7 Å². The van der Waals surface area contributed by atoms with E-state index < -0.39 is 23.2 Å². The Morgan fingerprint density at radius 3 is 2.36 bits per heavy atom. The van der Waals surface area contributed by atoms with Crippen LogP contribution in [0.3, 0.4) is 0 Å². The molecule has 3 heterocycles. The normalized spacial score (nSPS) is 18.4. The fourth-order valence-corrected chi connectivity index (χ4v) is 5.47. The number of halogens is 4. The van der Waals surface area contributed by atoms with Crippen molar-refractivity contribution in [3.05, 3.63) is 52.7 Å². The van der Waals surface area contributed by atoms with Gasteiger partial charge in [-0.05, 0) is 55.4 Å². The van der Waals surface area contributed by atoms with Crippen LogP contribution in [-0.4, -0.2) is 85.3 Å². The lowest BCUT2D eigenvalue weighted by Gasteiger charge is -2.45. The van der Waals surface area contributed by atoms with E-state index in [0.717, 1.165) is 49.4 Å². The molecule has 1 aromatic heterocycles. The van der Waals surface area contributed by atoms with Crippen molar-refractivity contribution in [2.45, 2.75) is 31.0 Å². The van der Waals surface area contributed by atoms with Gasteiger partial charge in [0.2, 0.25) is 0 Å². The SMILES string of the molecule is COc1cccc(C(O)(C(=O)N2CC(CC3CCN(c4ccc(C(=O)N(C)C)c(Cl)n4)CC3)C2)C(F)(F)F)c1. The van der Waals surface area contributed by atoms with Crippen molar-refractivity contribution in [2.75, 3.05) is 52.3 Å². The number of benzene rings is 1. The van der Waals surface area contributed by atoms with Gasteiger partial charge in [0, 0.05) is 45.8 Å². The number of rotatable bonds is 7. The highest BCUT2D eigenvalue weighted by Crippen LogP contribution is 2.43. The molecule has 2 aliphatic heterocycles. The van der Waals surface area contributed by atoms with Crippen molar-refractivity contribution in [2.24, 2.45) is 11.8 Å². The van der Waals surface area contributed by atoms with Gasteiger partial charge in [0.05, 0.1) is 12.7 Å². The second-order valence-corrected chi connectivity index (χ2v) is 10.7. The summed E-state index contributed by atoms with van der Waals surface area (Å²) in [5.74, 6) is -0.355. The van der Waals surface area contributed by atoms with E-state index in [1.54, 1.807) is 26.2 Å². The molecule has 0 saturated carbocycles. The maximum atomic E-state index is 14.0. The van der Waals surface area contributed by atoms with Crippen LogP contribution in [-0.2, 0) is 10.4 Å². The van der Waals surface area contributed by atoms with Crippen LogP contribution in [0.15, 0.2) is 36.4 Å². The second-order valence-electron chi connectivity index (χ2n) is 10.4. The summed E-state index contributed by atoms with van der Waals surface area (Å²) in [6.07, 6.45) is -2.69. The van der Waals surface area contributed by atoms with E-state index in [0.29, 0.717) is 17.3 Å². The molecule has 1 N–H and O–H groups in total. The largest absolute Gasteiger partial charge is 0.497 e. The van der Waals surface area contributed by atoms with E-state index in [-0.39, 0.29) is 35.8 Å². The van der Waals surface area contributed by atoms with Crippen molar-refractivity contribution in [1.82, 2.24) is 14.8 Å². The van der Waals surface area contributed by atoms with E-state index in [4.69, 9.17) is 16.3 Å². The third-order valence-electron chi connectivity index (χ3n) is 7.53. The summed E-state index contributed by atoms with van der Waals surface area (Å²) in [5.41, 5.74) is -3.87. The molecule has 0 radical (unpaired) electrons. The molecule has 2 saturated heterocycles. The summed E-state index contributed by atoms with van der Waals surface area (Å²) >= 11 is 6.25. The van der Waals surface area contributed by atoms with Gasteiger partial charge in [-0.3, -0.25) is 9.59 Å². The first kappa shape index (κ1) is 28.9. The lowest BCUT2D eigenvalue weighted by molar-refractivity contribution is -0.264. The minimum Gasteiger partial charge on any atom is -0.497 e.